The van der Waals surface area contributed by atoms with E-state index in [1.54, 1.807) is 0 Å². The minimum absolute atomic E-state index is 0. The monoisotopic (exact) mass is 297 g/mol. The van der Waals surface area contributed by atoms with Gasteiger partial charge in [-0.3, -0.25) is 0 Å². The van der Waals surface area contributed by atoms with Gasteiger partial charge in [0.1, 0.15) is 0 Å². The van der Waals surface area contributed by atoms with Gasteiger partial charge in [0.15, 0.2) is 0 Å². The van der Waals surface area contributed by atoms with Gasteiger partial charge >= 0.3 is 0 Å². The Kier molecular flexibility index (Phi) is 103. The van der Waals surface area contributed by atoms with Gasteiger partial charge in [0.25, 0.3) is 0 Å². The van der Waals surface area contributed by atoms with Crippen LogP contribution in [0.2, 0.25) is 0 Å². The zero-order valence-electron chi connectivity index (χ0n) is 2.29. The van der Waals surface area contributed by atoms with Gasteiger partial charge < -0.3 is 0 Å². The van der Waals surface area contributed by atoms with Gasteiger partial charge in [-0.15, -0.1) is 0 Å². The molecule has 0 atom stereocenters. The van der Waals surface area contributed by atoms with Crippen LogP contribution in [0.15, 0.2) is 0 Å². The Hall–Kier alpha value is 3.55. The fourth-order valence-corrected chi connectivity index (χ4v) is 0. The molecule has 0 aliphatic heterocycles. The average Bonchev–Trinajstić information content (AvgIpc) is 0. The van der Waals surface area contributed by atoms with Crippen molar-refractivity contribution in [1.82, 2.24) is 0 Å². The first-order valence-corrected chi connectivity index (χ1v) is 0. The molecule has 0 heterocycles. The van der Waals surface area contributed by atoms with Crippen LogP contribution < -0.4 is 0 Å². The molecule has 0 nitrogen and oxygen atoms in total. The maximum absolute atomic E-state index is 0. The third kappa shape index (κ3) is 9.11. The third-order valence-corrected chi connectivity index (χ3v) is 0. The van der Waals surface area contributed by atoms with Crippen molar-refractivity contribution in [3.05, 3.63) is 0 Å². The Morgan fingerprint density at radius 3 is 1.00 bits per heavy atom. The Morgan fingerprint density at radius 1 is 1.00 bits per heavy atom. The molecule has 0 aromatic heterocycles. The van der Waals surface area contributed by atoms with E-state index < -0.39 is 0 Å². The van der Waals surface area contributed by atoms with Crippen molar-refractivity contribution in [3.8, 4) is 0 Å². The zero-order valence-corrected chi connectivity index (χ0v) is 11.4. The van der Waals surface area contributed by atoms with Crippen LogP contribution in [0.5, 0.6) is 0 Å². The number of hydrogen-bond donors (Lipinski definition) is 0. The molecule has 0 rings (SSSR count). The summed E-state index contributed by atoms with van der Waals surface area (Å²) in [7, 11) is 0. The van der Waals surface area contributed by atoms with Crippen LogP contribution in [-0.4, -0.2) is 94.3 Å². The van der Waals surface area contributed by atoms with Crippen LogP contribution in [0.3, 0.4) is 0 Å². The van der Waals surface area contributed by atoms with E-state index in [1.807, 2.05) is 0 Å². The summed E-state index contributed by atoms with van der Waals surface area (Å²) >= 11 is 0. The average molecular weight is 296 g/mol. The molecule has 0 aromatic carbocycles. The Morgan fingerprint density at radius 2 is 1.00 bits per heavy atom. The molecule has 4 heavy (non-hydrogen) atoms. The third-order valence-electron chi connectivity index (χ3n) is 0. The van der Waals surface area contributed by atoms with Gasteiger partial charge in [0.2, 0.25) is 0 Å². The Balaban J connectivity index is 0. The molecule has 4 heteroatoms. The fourth-order valence-electron chi connectivity index (χ4n) is 0. The van der Waals surface area contributed by atoms with Crippen LogP contribution in [0.25, 0.3) is 0 Å². The number of rotatable bonds is 0. The normalized spacial score (nSPS) is 0. The van der Waals surface area contributed by atoms with Crippen LogP contribution in [-0.2, 0) is 17.1 Å². The van der Waals surface area contributed by atoms with Crippen LogP contribution in [0, 0.1) is 0 Å². The molecule has 0 aliphatic carbocycles. The van der Waals surface area contributed by atoms with Gasteiger partial charge in [-0.25, -0.2) is 0 Å². The molecule has 0 spiro atoms. The second-order valence-electron chi connectivity index (χ2n) is 0. The van der Waals surface area contributed by atoms with Crippen molar-refractivity contribution in [2.45, 2.75) is 0 Å². The molecule has 0 N–H and O–H groups in total. The van der Waals surface area contributed by atoms with E-state index in [1.165, 1.54) is 0 Å². The largest absolute Gasteiger partial charge is 0 e. The first kappa shape index (κ1) is 25.7. The predicted octanol–water partition coefficient (Wildman–Crippen LogP) is -1.14. The molecule has 0 saturated heterocycles. The van der Waals surface area contributed by atoms with Crippen molar-refractivity contribution in [3.63, 3.8) is 0 Å². The van der Waals surface area contributed by atoms with Crippen molar-refractivity contribution in [1.29, 1.82) is 0 Å². The molecule has 0 bridgehead atoms. The molecule has 0 fully saturated rings. The molecule has 0 amide bonds. The minimum Gasteiger partial charge on any atom is 0 e. The van der Waals surface area contributed by atoms with E-state index >= 15 is 0 Å². The topological polar surface area (TPSA) is 0 Å². The maximum atomic E-state index is 0. The molecule has 0 saturated carbocycles. The van der Waals surface area contributed by atoms with E-state index in [-0.39, 0.29) is 111 Å². The minimum atomic E-state index is 0. The molecule has 21 valence electrons. The smallest absolute Gasteiger partial charge is 0 e. The molecule has 7 radical (unpaired) electrons. The van der Waals surface area contributed by atoms with Gasteiger partial charge in [0, 0.05) is 111 Å². The van der Waals surface area contributed by atoms with Crippen molar-refractivity contribution in [2.24, 2.45) is 0 Å². The predicted molar refractivity (Wildman–Crippen MR) is 17.3 cm³/mol. The molecular weight excluding hydrogens is 296 g/mol. The van der Waals surface area contributed by atoms with E-state index in [0.29, 0.717) is 0 Å². The summed E-state index contributed by atoms with van der Waals surface area (Å²) in [6.07, 6.45) is 0. The van der Waals surface area contributed by atoms with Gasteiger partial charge in [-0.05, 0) is 0 Å². The summed E-state index contributed by atoms with van der Waals surface area (Å²) < 4.78 is 0. The zero-order chi connectivity index (χ0) is 0. The van der Waals surface area contributed by atoms with Gasteiger partial charge in [-0.2, -0.15) is 0 Å². The first-order chi connectivity index (χ1) is 0. The summed E-state index contributed by atoms with van der Waals surface area (Å²) in [5, 5.41) is 0. The molecule has 0 unspecified atom stereocenters. The number of hydrogen-bond acceptors (Lipinski definition) is 0. The summed E-state index contributed by atoms with van der Waals surface area (Å²) in [6.45, 7) is 0. The van der Waals surface area contributed by atoms with Crippen molar-refractivity contribution < 1.29 is 17.1 Å². The Bertz CT molecular complexity index is 8.00. The van der Waals surface area contributed by atoms with Gasteiger partial charge in [-0.1, -0.05) is 0 Å². The summed E-state index contributed by atoms with van der Waals surface area (Å²) in [6, 6.07) is 0. The van der Waals surface area contributed by atoms with Gasteiger partial charge in [0.05, 0.1) is 0 Å². The molecule has 0 aliphatic rings. The standard InChI is InChI=1S/Cu.In.K.Se. The van der Waals surface area contributed by atoms with Crippen LogP contribution in [0.4, 0.5) is 0 Å². The quantitative estimate of drug-likeness (QED) is 0.496. The summed E-state index contributed by atoms with van der Waals surface area (Å²) in [5.74, 6) is 0. The van der Waals surface area contributed by atoms with Crippen molar-refractivity contribution in [2.75, 3.05) is 0 Å². The fraction of sp³-hybridized carbons (Fsp3) is 0. The molecular formula is CuInKSe. The second-order valence-corrected chi connectivity index (χ2v) is 0. The summed E-state index contributed by atoms with van der Waals surface area (Å²) in [4.78, 5) is 0. The van der Waals surface area contributed by atoms with E-state index in [9.17, 15) is 0 Å². The SMILES string of the molecule is [Cu].[In].[K].[Se]. The van der Waals surface area contributed by atoms with E-state index in [0.717, 1.165) is 0 Å². The second kappa shape index (κ2) is 16.0. The molecule has 0 aromatic rings. The maximum Gasteiger partial charge on any atom is 0 e. The van der Waals surface area contributed by atoms with Crippen LogP contribution >= 0.6 is 0 Å². The van der Waals surface area contributed by atoms with Crippen LogP contribution in [0.1, 0.15) is 0 Å². The van der Waals surface area contributed by atoms with E-state index in [2.05, 4.69) is 0 Å². The summed E-state index contributed by atoms with van der Waals surface area (Å²) in [5.41, 5.74) is 0. The Labute approximate surface area is 108 Å². The first-order valence-electron chi connectivity index (χ1n) is 0. The van der Waals surface area contributed by atoms with E-state index in [4.69, 9.17) is 0 Å². The van der Waals surface area contributed by atoms with Crippen molar-refractivity contribution >= 4 is 94.3 Å².